The Morgan fingerprint density at radius 1 is 0.710 bits per heavy atom. The molecule has 0 atom stereocenters. The van der Waals surface area contributed by atoms with Gasteiger partial charge < -0.3 is 4.98 Å². The predicted octanol–water partition coefficient (Wildman–Crippen LogP) is 8.72. The van der Waals surface area contributed by atoms with Crippen LogP contribution in [0.25, 0.3) is 52.0 Å². The number of hydrogen-bond donors (Lipinski definition) is 1. The molecule has 1 N–H and O–H groups in total. The van der Waals surface area contributed by atoms with E-state index in [4.69, 9.17) is 0 Å². The van der Waals surface area contributed by atoms with Crippen LogP contribution in [0.1, 0.15) is 27.8 Å². The lowest BCUT2D eigenvalue weighted by atomic mass is 9.88. The Morgan fingerprint density at radius 3 is 1.87 bits per heavy atom. The number of aromatic nitrogens is 1. The van der Waals surface area contributed by atoms with Gasteiger partial charge in [-0.05, 0) is 27.8 Å². The fraction of sp³-hybridized carbons (Fsp3) is 0. The predicted molar refractivity (Wildman–Crippen MR) is 142 cm³/mol. The van der Waals surface area contributed by atoms with Crippen molar-refractivity contribution >= 4 is 40.8 Å². The number of fused-ring (bicyclic) bond motifs is 1. The number of H-pyrrole nitrogens is 1. The van der Waals surface area contributed by atoms with Crippen LogP contribution in [0.5, 0.6) is 0 Å². The molecule has 0 saturated carbocycles. The van der Waals surface area contributed by atoms with Gasteiger partial charge in [0.05, 0.1) is 11.2 Å². The molecule has 0 aliphatic heterocycles. The summed E-state index contributed by atoms with van der Waals surface area (Å²) in [4.78, 5) is 3.68. The zero-order valence-electron chi connectivity index (χ0n) is 17.8. The van der Waals surface area contributed by atoms with E-state index in [0.717, 1.165) is 55.6 Å². The Kier molecular flexibility index (Phi) is 6.69. The topological polar surface area (TPSA) is 15.8 Å². The van der Waals surface area contributed by atoms with Gasteiger partial charge >= 0.3 is 0 Å². The van der Waals surface area contributed by atoms with Gasteiger partial charge in [0.25, 0.3) is 0 Å². The molecule has 0 amide bonds. The van der Waals surface area contributed by atoms with E-state index in [2.05, 4.69) is 56.6 Å². The van der Waals surface area contributed by atoms with Gasteiger partial charge in [0.1, 0.15) is 0 Å². The smallest absolute Gasteiger partial charge is 0.0551 e. The van der Waals surface area contributed by atoms with E-state index in [1.54, 1.807) is 12.2 Å². The van der Waals surface area contributed by atoms with Crippen LogP contribution < -0.4 is 0 Å². The van der Waals surface area contributed by atoms with E-state index in [1.165, 1.54) is 0 Å². The molecule has 3 rings (SSSR count). The maximum Gasteiger partial charge on any atom is 0.0551 e. The molecule has 0 aliphatic carbocycles. The van der Waals surface area contributed by atoms with Gasteiger partial charge in [-0.15, -0.1) is 0 Å². The van der Waals surface area contributed by atoms with Crippen molar-refractivity contribution in [2.75, 3.05) is 0 Å². The van der Waals surface area contributed by atoms with E-state index in [-0.39, 0.29) is 0 Å². The van der Waals surface area contributed by atoms with Gasteiger partial charge in [0.2, 0.25) is 0 Å². The summed E-state index contributed by atoms with van der Waals surface area (Å²) in [5.74, 6) is 0. The summed E-state index contributed by atoms with van der Waals surface area (Å²) in [6, 6.07) is 10.3. The molecular formula is C30H27N. The molecule has 0 spiro atoms. The van der Waals surface area contributed by atoms with Crippen LogP contribution in [0.3, 0.4) is 0 Å². The van der Waals surface area contributed by atoms with Crippen LogP contribution >= 0.6 is 0 Å². The van der Waals surface area contributed by atoms with Gasteiger partial charge in [0, 0.05) is 16.5 Å². The standard InChI is InChI=1S/C30H27N/c1-7-13-18-21(17-8-2)27-28-25(11-5)23(9-3)24(10-4)26(12-6)30(28)31-29(27)22-19-15-14-16-20-22/h7-20,31H,1-6H2/b18-13-,21-17+. The molecule has 0 aliphatic rings. The van der Waals surface area contributed by atoms with Crippen molar-refractivity contribution in [1.82, 2.24) is 4.98 Å². The first-order valence-electron chi connectivity index (χ1n) is 10.1. The highest BCUT2D eigenvalue weighted by Crippen LogP contribution is 2.43. The van der Waals surface area contributed by atoms with E-state index >= 15 is 0 Å². The van der Waals surface area contributed by atoms with Crippen LogP contribution in [0.4, 0.5) is 0 Å². The highest BCUT2D eigenvalue weighted by atomic mass is 14.7. The minimum Gasteiger partial charge on any atom is -0.353 e. The fourth-order valence-electron chi connectivity index (χ4n) is 4.03. The van der Waals surface area contributed by atoms with Gasteiger partial charge in [-0.2, -0.15) is 0 Å². The summed E-state index contributed by atoms with van der Waals surface area (Å²) >= 11 is 0. The summed E-state index contributed by atoms with van der Waals surface area (Å²) < 4.78 is 0. The zero-order chi connectivity index (χ0) is 22.4. The molecule has 1 nitrogen and oxygen atoms in total. The van der Waals surface area contributed by atoms with E-state index in [1.807, 2.05) is 60.7 Å². The third-order valence-corrected chi connectivity index (χ3v) is 5.29. The zero-order valence-corrected chi connectivity index (χ0v) is 17.8. The molecule has 0 fully saturated rings. The lowest BCUT2D eigenvalue weighted by Crippen LogP contribution is -1.95. The number of nitrogens with one attached hydrogen (secondary N) is 1. The SMILES string of the molecule is C=C/C=C\C(=C/C=C)c1c(-c2ccccc2)[nH]c2c(C=C)c(C=C)c(C=C)c(C=C)c12. The minimum absolute atomic E-state index is 0.982. The van der Waals surface area contributed by atoms with Crippen molar-refractivity contribution < 1.29 is 0 Å². The number of allylic oxidation sites excluding steroid dienone is 6. The Labute approximate surface area is 185 Å². The van der Waals surface area contributed by atoms with Crippen molar-refractivity contribution in [2.45, 2.75) is 0 Å². The number of aromatic amines is 1. The van der Waals surface area contributed by atoms with Gasteiger partial charge in [-0.3, -0.25) is 0 Å². The van der Waals surface area contributed by atoms with E-state index in [9.17, 15) is 0 Å². The van der Waals surface area contributed by atoms with Gasteiger partial charge in [-0.25, -0.2) is 0 Å². The lowest BCUT2D eigenvalue weighted by Gasteiger charge is -2.14. The molecule has 1 heterocycles. The Hall–Kier alpha value is -4.10. The van der Waals surface area contributed by atoms with Gasteiger partial charge in [-0.1, -0.05) is 124 Å². The first-order valence-corrected chi connectivity index (χ1v) is 10.1. The van der Waals surface area contributed by atoms with Crippen LogP contribution in [0.15, 0.2) is 100 Å². The van der Waals surface area contributed by atoms with Crippen LogP contribution in [-0.2, 0) is 0 Å². The quantitative estimate of drug-likeness (QED) is 0.345. The fourth-order valence-corrected chi connectivity index (χ4v) is 4.03. The summed E-state index contributed by atoms with van der Waals surface area (Å²) in [7, 11) is 0. The second-order valence-corrected chi connectivity index (χ2v) is 6.91. The van der Waals surface area contributed by atoms with E-state index in [0.29, 0.717) is 0 Å². The molecule has 3 aromatic rings. The summed E-state index contributed by atoms with van der Waals surface area (Å²) in [5.41, 5.74) is 9.12. The second-order valence-electron chi connectivity index (χ2n) is 6.91. The maximum absolute atomic E-state index is 4.12. The Balaban J connectivity index is 2.66. The molecule has 152 valence electrons. The molecule has 0 bridgehead atoms. The molecule has 1 heteroatoms. The average molecular weight is 402 g/mol. The van der Waals surface area contributed by atoms with E-state index < -0.39 is 0 Å². The average Bonchev–Trinajstić information content (AvgIpc) is 3.20. The first kappa shape index (κ1) is 21.6. The van der Waals surface area contributed by atoms with Gasteiger partial charge in [0.15, 0.2) is 0 Å². The number of rotatable bonds is 9. The minimum atomic E-state index is 0.982. The largest absolute Gasteiger partial charge is 0.353 e. The molecule has 31 heavy (non-hydrogen) atoms. The van der Waals surface area contributed by atoms with Crippen molar-refractivity contribution in [3.8, 4) is 11.3 Å². The van der Waals surface area contributed by atoms with Crippen molar-refractivity contribution in [1.29, 1.82) is 0 Å². The van der Waals surface area contributed by atoms with Crippen LogP contribution in [0, 0.1) is 0 Å². The third kappa shape index (κ3) is 3.74. The lowest BCUT2D eigenvalue weighted by molar-refractivity contribution is 1.43. The normalized spacial score (nSPS) is 11.4. The monoisotopic (exact) mass is 401 g/mol. The maximum atomic E-state index is 4.12. The number of benzene rings is 2. The highest BCUT2D eigenvalue weighted by Gasteiger charge is 2.22. The molecule has 2 aromatic carbocycles. The van der Waals surface area contributed by atoms with Crippen molar-refractivity contribution in [2.24, 2.45) is 0 Å². The van der Waals surface area contributed by atoms with Crippen molar-refractivity contribution in [3.63, 3.8) is 0 Å². The third-order valence-electron chi connectivity index (χ3n) is 5.29. The molecule has 0 radical (unpaired) electrons. The summed E-state index contributed by atoms with van der Waals surface area (Å²) in [6.45, 7) is 24.0. The molecular weight excluding hydrogens is 374 g/mol. The number of hydrogen-bond acceptors (Lipinski definition) is 0. The van der Waals surface area contributed by atoms with Crippen molar-refractivity contribution in [3.05, 3.63) is 128 Å². The summed E-state index contributed by atoms with van der Waals surface area (Å²) in [6.07, 6.45) is 17.0. The molecule has 1 aromatic heterocycles. The second kappa shape index (κ2) is 9.60. The summed E-state index contributed by atoms with van der Waals surface area (Å²) in [5, 5.41) is 1.06. The first-order chi connectivity index (χ1) is 15.2. The Morgan fingerprint density at radius 2 is 1.32 bits per heavy atom. The molecule has 0 saturated heterocycles. The highest BCUT2D eigenvalue weighted by molar-refractivity contribution is 6.11. The Bertz CT molecular complexity index is 1260. The molecule has 0 unspecified atom stereocenters. The van der Waals surface area contributed by atoms with Crippen LogP contribution in [0.2, 0.25) is 0 Å². The van der Waals surface area contributed by atoms with Crippen LogP contribution in [-0.4, -0.2) is 4.98 Å².